The number of hydrogen-bond acceptors (Lipinski definition) is 4. The van der Waals surface area contributed by atoms with Crippen molar-refractivity contribution in [2.45, 2.75) is 31.3 Å². The number of urea groups is 1. The fourth-order valence-corrected chi connectivity index (χ4v) is 4.89. The van der Waals surface area contributed by atoms with Gasteiger partial charge in [0.05, 0.1) is 0 Å². The minimum atomic E-state index is -0.997. The highest BCUT2D eigenvalue weighted by atomic mass is 32.1. The Bertz CT molecular complexity index is 895. The number of rotatable bonds is 4. The predicted octanol–water partition coefficient (Wildman–Crippen LogP) is 2.49. The number of imide groups is 1. The molecule has 0 radical (unpaired) electrons. The average molecular weight is 383 g/mol. The molecule has 1 N–H and O–H groups in total. The van der Waals surface area contributed by atoms with Gasteiger partial charge in [0.1, 0.15) is 12.1 Å². The van der Waals surface area contributed by atoms with Crippen LogP contribution in [-0.2, 0) is 28.1 Å². The van der Waals surface area contributed by atoms with Gasteiger partial charge in [-0.2, -0.15) is 0 Å². The van der Waals surface area contributed by atoms with E-state index in [1.54, 1.807) is 18.4 Å². The van der Waals surface area contributed by atoms with Crippen molar-refractivity contribution in [1.82, 2.24) is 15.1 Å². The maximum atomic E-state index is 13.1. The maximum Gasteiger partial charge on any atom is 0.325 e. The molecule has 0 unspecified atom stereocenters. The van der Waals surface area contributed by atoms with E-state index in [2.05, 4.69) is 5.32 Å². The molecular weight excluding hydrogens is 362 g/mol. The Morgan fingerprint density at radius 2 is 2.04 bits per heavy atom. The Labute approximate surface area is 161 Å². The summed E-state index contributed by atoms with van der Waals surface area (Å²) in [5.74, 6) is -0.575. The standard InChI is InChI=1S/C20H21N3O3S/c1-22(12-14-6-3-2-4-7-14)17(24)13-23-18(25)20(21-19(23)26)10-5-8-16-15(20)9-11-27-16/h2-4,6-7,9,11H,5,8,10,12-13H2,1H3,(H,21,26)/t20-/m1/s1. The molecule has 0 bridgehead atoms. The van der Waals surface area contributed by atoms with Crippen molar-refractivity contribution in [3.05, 3.63) is 57.8 Å². The van der Waals surface area contributed by atoms with Gasteiger partial charge in [0.2, 0.25) is 5.91 Å². The molecule has 6 nitrogen and oxygen atoms in total. The number of benzene rings is 1. The first-order valence-electron chi connectivity index (χ1n) is 9.00. The lowest BCUT2D eigenvalue weighted by Gasteiger charge is -2.31. The molecule has 2 aliphatic rings. The Hall–Kier alpha value is -2.67. The van der Waals surface area contributed by atoms with Crippen LogP contribution >= 0.6 is 11.3 Å². The lowest BCUT2D eigenvalue weighted by Crippen LogP contribution is -2.46. The SMILES string of the molecule is CN(Cc1ccccc1)C(=O)CN1C(=O)N[C@@]2(CCCc3sccc32)C1=O. The Balaban J connectivity index is 1.50. The normalized spacial score (nSPS) is 21.3. The molecule has 2 aromatic rings. The van der Waals surface area contributed by atoms with Crippen LogP contribution in [0.1, 0.15) is 28.8 Å². The number of thiophene rings is 1. The molecule has 1 aromatic heterocycles. The third-order valence-corrected chi connectivity index (χ3v) is 6.30. The molecule has 1 fully saturated rings. The van der Waals surface area contributed by atoms with Crippen LogP contribution in [-0.4, -0.2) is 41.2 Å². The summed E-state index contributed by atoms with van der Waals surface area (Å²) in [6.07, 6.45) is 2.34. The number of nitrogens with one attached hydrogen (secondary N) is 1. The summed E-state index contributed by atoms with van der Waals surface area (Å²) < 4.78 is 0. The monoisotopic (exact) mass is 383 g/mol. The zero-order chi connectivity index (χ0) is 19.0. The summed E-state index contributed by atoms with van der Waals surface area (Å²) in [6.45, 7) is 0.193. The fraction of sp³-hybridized carbons (Fsp3) is 0.350. The molecule has 7 heteroatoms. The van der Waals surface area contributed by atoms with Gasteiger partial charge < -0.3 is 10.2 Å². The third-order valence-electron chi connectivity index (χ3n) is 5.32. The van der Waals surface area contributed by atoms with E-state index < -0.39 is 11.6 Å². The lowest BCUT2D eigenvalue weighted by molar-refractivity contribution is -0.139. The summed E-state index contributed by atoms with van der Waals surface area (Å²) in [5.41, 5.74) is 0.894. The van der Waals surface area contributed by atoms with Gasteiger partial charge in [-0.05, 0) is 36.3 Å². The molecular formula is C20H21N3O3S. The van der Waals surface area contributed by atoms with Gasteiger partial charge in [-0.1, -0.05) is 30.3 Å². The number of likely N-dealkylation sites (N-methyl/N-ethyl adjacent to an activating group) is 1. The van der Waals surface area contributed by atoms with Crippen LogP contribution in [0.5, 0.6) is 0 Å². The first kappa shape index (κ1) is 17.7. The number of aryl methyl sites for hydroxylation is 1. The minimum Gasteiger partial charge on any atom is -0.340 e. The smallest absolute Gasteiger partial charge is 0.325 e. The summed E-state index contributed by atoms with van der Waals surface area (Å²) in [7, 11) is 1.68. The van der Waals surface area contributed by atoms with E-state index in [4.69, 9.17) is 0 Å². The summed E-state index contributed by atoms with van der Waals surface area (Å²) >= 11 is 1.61. The van der Waals surface area contributed by atoms with Crippen molar-refractivity contribution >= 4 is 29.2 Å². The highest BCUT2D eigenvalue weighted by molar-refractivity contribution is 7.10. The average Bonchev–Trinajstić information content (AvgIpc) is 3.23. The van der Waals surface area contributed by atoms with Crippen molar-refractivity contribution in [2.24, 2.45) is 0 Å². The molecule has 4 rings (SSSR count). The molecule has 1 atom stereocenters. The van der Waals surface area contributed by atoms with E-state index in [9.17, 15) is 14.4 Å². The van der Waals surface area contributed by atoms with E-state index in [-0.39, 0.29) is 18.4 Å². The fourth-order valence-electron chi connectivity index (χ4n) is 3.89. The number of hydrogen-bond donors (Lipinski definition) is 1. The van der Waals surface area contributed by atoms with E-state index in [1.165, 1.54) is 4.90 Å². The van der Waals surface area contributed by atoms with Gasteiger partial charge in [-0.3, -0.25) is 14.5 Å². The van der Waals surface area contributed by atoms with Gasteiger partial charge in [-0.25, -0.2) is 4.79 Å². The number of fused-ring (bicyclic) bond motifs is 2. The molecule has 2 heterocycles. The number of nitrogens with zero attached hydrogens (tertiary/aromatic N) is 2. The maximum absolute atomic E-state index is 13.1. The van der Waals surface area contributed by atoms with Crippen LogP contribution in [0.2, 0.25) is 0 Å². The van der Waals surface area contributed by atoms with E-state index >= 15 is 0 Å². The molecule has 1 aliphatic heterocycles. The van der Waals surface area contributed by atoms with Crippen molar-refractivity contribution in [2.75, 3.05) is 13.6 Å². The van der Waals surface area contributed by atoms with Crippen LogP contribution in [0.15, 0.2) is 41.8 Å². The first-order chi connectivity index (χ1) is 13.0. The molecule has 1 spiro atoms. The van der Waals surface area contributed by atoms with Crippen LogP contribution < -0.4 is 5.32 Å². The molecule has 1 aromatic carbocycles. The van der Waals surface area contributed by atoms with Crippen molar-refractivity contribution in [3.63, 3.8) is 0 Å². The van der Waals surface area contributed by atoms with Crippen molar-refractivity contribution in [3.8, 4) is 0 Å². The second kappa shape index (κ2) is 6.81. The molecule has 27 heavy (non-hydrogen) atoms. The second-order valence-electron chi connectivity index (χ2n) is 7.07. The minimum absolute atomic E-state index is 0.241. The Morgan fingerprint density at radius 3 is 2.81 bits per heavy atom. The van der Waals surface area contributed by atoms with Crippen molar-refractivity contribution < 1.29 is 14.4 Å². The summed E-state index contributed by atoms with van der Waals surface area (Å²) in [4.78, 5) is 42.0. The van der Waals surface area contributed by atoms with Gasteiger partial charge >= 0.3 is 6.03 Å². The molecule has 1 aliphatic carbocycles. The molecule has 140 valence electrons. The summed E-state index contributed by atoms with van der Waals surface area (Å²) in [5, 5.41) is 4.84. The van der Waals surface area contributed by atoms with Gasteiger partial charge in [0.15, 0.2) is 0 Å². The van der Waals surface area contributed by atoms with Crippen LogP contribution in [0.3, 0.4) is 0 Å². The third kappa shape index (κ3) is 3.02. The Kier molecular flexibility index (Phi) is 4.47. The number of carbonyl (C=O) groups excluding carboxylic acids is 3. The molecule has 0 saturated carbocycles. The second-order valence-corrected chi connectivity index (χ2v) is 8.07. The largest absolute Gasteiger partial charge is 0.340 e. The predicted molar refractivity (Wildman–Crippen MR) is 102 cm³/mol. The first-order valence-corrected chi connectivity index (χ1v) is 9.88. The van der Waals surface area contributed by atoms with Crippen LogP contribution in [0.25, 0.3) is 0 Å². The van der Waals surface area contributed by atoms with Crippen LogP contribution in [0.4, 0.5) is 4.79 Å². The summed E-state index contributed by atoms with van der Waals surface area (Å²) in [6, 6.07) is 11.1. The highest BCUT2D eigenvalue weighted by Crippen LogP contribution is 2.42. The number of carbonyl (C=O) groups is 3. The van der Waals surface area contributed by atoms with E-state index in [1.807, 2.05) is 41.8 Å². The number of amides is 4. The quantitative estimate of drug-likeness (QED) is 0.825. The van der Waals surface area contributed by atoms with Gasteiger partial charge in [-0.15, -0.1) is 11.3 Å². The zero-order valence-electron chi connectivity index (χ0n) is 15.1. The lowest BCUT2D eigenvalue weighted by atomic mass is 9.80. The zero-order valence-corrected chi connectivity index (χ0v) is 15.9. The molecule has 1 saturated heterocycles. The van der Waals surface area contributed by atoms with Gasteiger partial charge in [0, 0.05) is 24.0 Å². The van der Waals surface area contributed by atoms with Gasteiger partial charge in [0.25, 0.3) is 5.91 Å². The topological polar surface area (TPSA) is 69.7 Å². The van der Waals surface area contributed by atoms with E-state index in [0.717, 1.165) is 33.7 Å². The molecule has 4 amide bonds. The Morgan fingerprint density at radius 1 is 1.26 bits per heavy atom. The highest BCUT2D eigenvalue weighted by Gasteiger charge is 2.54. The van der Waals surface area contributed by atoms with E-state index in [0.29, 0.717) is 13.0 Å². The van der Waals surface area contributed by atoms with Crippen molar-refractivity contribution in [1.29, 1.82) is 0 Å². The van der Waals surface area contributed by atoms with Crippen LogP contribution in [0, 0.1) is 0 Å².